The van der Waals surface area contributed by atoms with Gasteiger partial charge < -0.3 is 20.7 Å². The normalized spacial score (nSPS) is 14.5. The van der Waals surface area contributed by atoms with E-state index >= 15 is 0 Å². The number of hydrogen-bond donors (Lipinski definition) is 2. The molecule has 0 bridgehead atoms. The van der Waals surface area contributed by atoms with E-state index in [1.807, 2.05) is 29.2 Å². The first-order chi connectivity index (χ1) is 14.0. The zero-order valence-electron chi connectivity index (χ0n) is 17.0. The van der Waals surface area contributed by atoms with Crippen molar-refractivity contribution in [1.29, 1.82) is 0 Å². The molecule has 3 amide bonds. The molecule has 1 heterocycles. The Bertz CT molecular complexity index is 859. The Morgan fingerprint density at radius 2 is 1.76 bits per heavy atom. The number of piperazine rings is 1. The van der Waals surface area contributed by atoms with Crippen LogP contribution in [0.2, 0.25) is 0 Å². The first kappa shape index (κ1) is 20.7. The van der Waals surface area contributed by atoms with Crippen LogP contribution in [-0.2, 0) is 13.1 Å². The molecular weight excluding hydrogens is 368 g/mol. The predicted octanol–water partition coefficient (Wildman–Crippen LogP) is 2.13. The number of carbonyl (C=O) groups is 2. The number of aryl methyl sites for hydroxylation is 1. The summed E-state index contributed by atoms with van der Waals surface area (Å²) in [5.41, 5.74) is 9.02. The number of nitrogens with zero attached hydrogens (tertiary/aromatic N) is 2. The Balaban J connectivity index is 1.54. The van der Waals surface area contributed by atoms with E-state index in [2.05, 4.69) is 23.2 Å². The van der Waals surface area contributed by atoms with E-state index in [9.17, 15) is 9.59 Å². The summed E-state index contributed by atoms with van der Waals surface area (Å²) < 4.78 is 5.48. The van der Waals surface area contributed by atoms with Crippen LogP contribution in [0.3, 0.4) is 0 Å². The number of carbonyl (C=O) groups excluding carboxylic acids is 2. The van der Waals surface area contributed by atoms with Gasteiger partial charge in [-0.1, -0.05) is 29.8 Å². The Morgan fingerprint density at radius 1 is 1.07 bits per heavy atom. The van der Waals surface area contributed by atoms with E-state index in [0.29, 0.717) is 25.2 Å². The van der Waals surface area contributed by atoms with Crippen molar-refractivity contribution in [3.05, 3.63) is 64.7 Å². The minimum Gasteiger partial charge on any atom is -0.496 e. The Labute approximate surface area is 171 Å². The zero-order chi connectivity index (χ0) is 20.8. The first-order valence-corrected chi connectivity index (χ1v) is 9.73. The maximum Gasteiger partial charge on any atom is 0.312 e. The summed E-state index contributed by atoms with van der Waals surface area (Å²) in [6.07, 6.45) is 0. The lowest BCUT2D eigenvalue weighted by Gasteiger charge is -2.35. The van der Waals surface area contributed by atoms with Crippen LogP contribution in [0.1, 0.15) is 27.0 Å². The minimum absolute atomic E-state index is 0.0344. The first-order valence-electron chi connectivity index (χ1n) is 9.73. The van der Waals surface area contributed by atoms with Gasteiger partial charge in [-0.05, 0) is 30.7 Å². The minimum atomic E-state index is -0.564. The highest BCUT2D eigenvalue weighted by molar-refractivity contribution is 5.94. The summed E-state index contributed by atoms with van der Waals surface area (Å²) in [4.78, 5) is 27.8. The molecular formula is C22H28N4O3. The number of nitrogens with one attached hydrogen (secondary N) is 1. The fourth-order valence-electron chi connectivity index (χ4n) is 3.52. The molecule has 3 N–H and O–H groups in total. The van der Waals surface area contributed by atoms with Crippen LogP contribution in [0, 0.1) is 6.92 Å². The molecule has 7 heteroatoms. The van der Waals surface area contributed by atoms with Gasteiger partial charge in [0, 0.05) is 50.4 Å². The molecule has 1 fully saturated rings. The summed E-state index contributed by atoms with van der Waals surface area (Å²) in [6.45, 7) is 6.27. The van der Waals surface area contributed by atoms with Crippen molar-refractivity contribution >= 4 is 11.9 Å². The third-order valence-corrected chi connectivity index (χ3v) is 5.16. The molecule has 2 aromatic rings. The standard InChI is InChI=1S/C22H28N4O3/c1-16-3-8-20(29-2)19(13-16)15-25-9-11-26(12-10-25)21(27)18-6-4-17(5-7-18)14-24-22(23)28/h3-8,13H,9-12,14-15H2,1-2H3,(H3,23,24,28). The van der Waals surface area contributed by atoms with Gasteiger partial charge in [0.05, 0.1) is 7.11 Å². The highest BCUT2D eigenvalue weighted by atomic mass is 16.5. The monoisotopic (exact) mass is 396 g/mol. The second-order valence-corrected chi connectivity index (χ2v) is 7.30. The van der Waals surface area contributed by atoms with E-state index in [0.717, 1.165) is 30.9 Å². The average molecular weight is 396 g/mol. The highest BCUT2D eigenvalue weighted by Crippen LogP contribution is 2.22. The molecule has 0 saturated carbocycles. The molecule has 0 spiro atoms. The molecule has 2 aromatic carbocycles. The van der Waals surface area contributed by atoms with Crippen LogP contribution in [0.15, 0.2) is 42.5 Å². The molecule has 1 aliphatic rings. The van der Waals surface area contributed by atoms with Gasteiger partial charge in [0.2, 0.25) is 0 Å². The van der Waals surface area contributed by atoms with E-state index < -0.39 is 6.03 Å². The summed E-state index contributed by atoms with van der Waals surface area (Å²) >= 11 is 0. The summed E-state index contributed by atoms with van der Waals surface area (Å²) in [6, 6.07) is 12.9. The Morgan fingerprint density at radius 3 is 2.38 bits per heavy atom. The van der Waals surface area contributed by atoms with E-state index in [-0.39, 0.29) is 5.91 Å². The van der Waals surface area contributed by atoms with Crippen molar-refractivity contribution in [2.45, 2.75) is 20.0 Å². The van der Waals surface area contributed by atoms with Crippen molar-refractivity contribution in [3.63, 3.8) is 0 Å². The number of rotatable bonds is 6. The van der Waals surface area contributed by atoms with Gasteiger partial charge in [-0.15, -0.1) is 0 Å². The van der Waals surface area contributed by atoms with Gasteiger partial charge in [0.1, 0.15) is 5.75 Å². The quantitative estimate of drug-likeness (QED) is 0.783. The summed E-state index contributed by atoms with van der Waals surface area (Å²) in [7, 11) is 1.69. The summed E-state index contributed by atoms with van der Waals surface area (Å²) in [5.74, 6) is 0.937. The average Bonchev–Trinajstić information content (AvgIpc) is 2.73. The van der Waals surface area contributed by atoms with Crippen LogP contribution in [-0.4, -0.2) is 55.0 Å². The van der Waals surface area contributed by atoms with Crippen molar-refractivity contribution in [2.75, 3.05) is 33.3 Å². The molecule has 0 unspecified atom stereocenters. The van der Waals surface area contributed by atoms with Gasteiger partial charge in [-0.3, -0.25) is 9.69 Å². The van der Waals surface area contributed by atoms with Crippen LogP contribution in [0.4, 0.5) is 4.79 Å². The molecule has 0 aromatic heterocycles. The fourth-order valence-corrected chi connectivity index (χ4v) is 3.52. The van der Waals surface area contributed by atoms with E-state index in [1.54, 1.807) is 19.2 Å². The van der Waals surface area contributed by atoms with Gasteiger partial charge in [-0.25, -0.2) is 4.79 Å². The molecule has 0 aliphatic carbocycles. The number of ether oxygens (including phenoxy) is 1. The number of hydrogen-bond acceptors (Lipinski definition) is 4. The maximum absolute atomic E-state index is 12.8. The van der Waals surface area contributed by atoms with Gasteiger partial charge in [0.25, 0.3) is 5.91 Å². The van der Waals surface area contributed by atoms with Gasteiger partial charge in [-0.2, -0.15) is 0 Å². The molecule has 1 aliphatic heterocycles. The fraction of sp³-hybridized carbons (Fsp3) is 0.364. The topological polar surface area (TPSA) is 87.9 Å². The molecule has 0 atom stereocenters. The molecule has 154 valence electrons. The molecule has 7 nitrogen and oxygen atoms in total. The van der Waals surface area contributed by atoms with Crippen LogP contribution in [0.5, 0.6) is 5.75 Å². The second kappa shape index (κ2) is 9.43. The highest BCUT2D eigenvalue weighted by Gasteiger charge is 2.22. The largest absolute Gasteiger partial charge is 0.496 e. The number of urea groups is 1. The Kier molecular flexibility index (Phi) is 6.72. The maximum atomic E-state index is 12.8. The number of primary amides is 1. The van der Waals surface area contributed by atoms with Crippen molar-refractivity contribution in [1.82, 2.24) is 15.1 Å². The van der Waals surface area contributed by atoms with Crippen LogP contribution < -0.4 is 15.8 Å². The molecule has 3 rings (SSSR count). The smallest absolute Gasteiger partial charge is 0.312 e. The predicted molar refractivity (Wildman–Crippen MR) is 112 cm³/mol. The van der Waals surface area contributed by atoms with Crippen LogP contribution >= 0.6 is 0 Å². The number of benzene rings is 2. The number of methoxy groups -OCH3 is 1. The van der Waals surface area contributed by atoms with Gasteiger partial charge in [0.15, 0.2) is 0 Å². The third-order valence-electron chi connectivity index (χ3n) is 5.16. The Hall–Kier alpha value is -3.06. The SMILES string of the molecule is COc1ccc(C)cc1CN1CCN(C(=O)c2ccc(CNC(N)=O)cc2)CC1. The van der Waals surface area contributed by atoms with Crippen molar-refractivity contribution < 1.29 is 14.3 Å². The molecule has 1 saturated heterocycles. The second-order valence-electron chi connectivity index (χ2n) is 7.30. The lowest BCUT2D eigenvalue weighted by atomic mass is 10.1. The van der Waals surface area contributed by atoms with E-state index in [4.69, 9.17) is 10.5 Å². The molecule has 29 heavy (non-hydrogen) atoms. The molecule has 0 radical (unpaired) electrons. The number of nitrogens with two attached hydrogens (primary N) is 1. The third kappa shape index (κ3) is 5.48. The lowest BCUT2D eigenvalue weighted by Crippen LogP contribution is -2.48. The van der Waals surface area contributed by atoms with E-state index in [1.165, 1.54) is 11.1 Å². The summed E-state index contributed by atoms with van der Waals surface area (Å²) in [5, 5.41) is 2.54. The number of amides is 3. The zero-order valence-corrected chi connectivity index (χ0v) is 17.0. The van der Waals surface area contributed by atoms with Gasteiger partial charge >= 0.3 is 6.03 Å². The van der Waals surface area contributed by atoms with Crippen molar-refractivity contribution in [2.24, 2.45) is 5.73 Å². The van der Waals surface area contributed by atoms with Crippen molar-refractivity contribution in [3.8, 4) is 5.75 Å². The lowest BCUT2D eigenvalue weighted by molar-refractivity contribution is 0.0627. The van der Waals surface area contributed by atoms with Crippen LogP contribution in [0.25, 0.3) is 0 Å².